The van der Waals surface area contributed by atoms with Crippen molar-refractivity contribution in [2.24, 2.45) is 4.99 Å². The van der Waals surface area contributed by atoms with Crippen molar-refractivity contribution in [3.8, 4) is 0 Å². The normalized spacial score (nSPS) is 13.1. The molecule has 0 saturated heterocycles. The van der Waals surface area contributed by atoms with Gasteiger partial charge in [0, 0.05) is 14.0 Å². The van der Waals surface area contributed by atoms with Gasteiger partial charge in [0.1, 0.15) is 0 Å². The lowest BCUT2D eigenvalue weighted by Gasteiger charge is -2.17. The Kier molecular flexibility index (Phi) is 4.70. The zero-order chi connectivity index (χ0) is 14.4. The zero-order valence-corrected chi connectivity index (χ0v) is 11.9. The molecule has 6 heteroatoms. The number of nitrogens with one attached hydrogen (secondary N) is 2. The monoisotopic (exact) mass is 273 g/mol. The van der Waals surface area contributed by atoms with Crippen LogP contribution in [-0.4, -0.2) is 23.1 Å². The topological polar surface area (TPSA) is 75.3 Å². The van der Waals surface area contributed by atoms with Crippen LogP contribution in [0.4, 0.5) is 0 Å². The van der Waals surface area contributed by atoms with Gasteiger partial charge in [0.25, 0.3) is 0 Å². The van der Waals surface area contributed by atoms with Crippen LogP contribution >= 0.6 is 0 Å². The molecule has 2 aromatic rings. The van der Waals surface area contributed by atoms with Gasteiger partial charge in [-0.05, 0) is 12.5 Å². The molecule has 0 aliphatic carbocycles. The zero-order valence-electron chi connectivity index (χ0n) is 11.9. The van der Waals surface area contributed by atoms with Gasteiger partial charge in [0.15, 0.2) is 11.8 Å². The lowest BCUT2D eigenvalue weighted by Crippen LogP contribution is -2.38. The Labute approximate surface area is 118 Å². The average Bonchev–Trinajstić information content (AvgIpc) is 2.89. The predicted octanol–water partition coefficient (Wildman–Crippen LogP) is 1.80. The van der Waals surface area contributed by atoms with E-state index in [0.29, 0.717) is 24.2 Å². The summed E-state index contributed by atoms with van der Waals surface area (Å²) in [7, 11) is 1.73. The Balaban J connectivity index is 1.89. The van der Waals surface area contributed by atoms with Crippen molar-refractivity contribution in [3.63, 3.8) is 0 Å². The molecule has 2 N–H and O–H groups in total. The third kappa shape index (κ3) is 3.81. The van der Waals surface area contributed by atoms with Crippen LogP contribution in [0.1, 0.15) is 30.2 Å². The molecule has 2 rings (SSSR count). The van der Waals surface area contributed by atoms with Gasteiger partial charge in [-0.1, -0.05) is 35.5 Å². The maximum Gasteiger partial charge on any atom is 0.223 e. The van der Waals surface area contributed by atoms with E-state index < -0.39 is 0 Å². The molecule has 1 unspecified atom stereocenters. The van der Waals surface area contributed by atoms with Crippen LogP contribution in [0.2, 0.25) is 0 Å². The lowest BCUT2D eigenvalue weighted by molar-refractivity contribution is 0.386. The molecule has 1 heterocycles. The summed E-state index contributed by atoms with van der Waals surface area (Å²) in [5.74, 6) is 1.86. The third-order valence-corrected chi connectivity index (χ3v) is 2.86. The van der Waals surface area contributed by atoms with E-state index in [0.717, 1.165) is 0 Å². The number of hydrogen-bond donors (Lipinski definition) is 2. The Bertz CT molecular complexity index is 564. The number of hydrogen-bond acceptors (Lipinski definition) is 4. The fourth-order valence-electron chi connectivity index (χ4n) is 1.80. The average molecular weight is 273 g/mol. The maximum absolute atomic E-state index is 4.92. The highest BCUT2D eigenvalue weighted by molar-refractivity contribution is 5.79. The van der Waals surface area contributed by atoms with E-state index in [1.165, 1.54) is 5.56 Å². The number of benzene rings is 1. The first-order valence-corrected chi connectivity index (χ1v) is 6.50. The van der Waals surface area contributed by atoms with Gasteiger partial charge < -0.3 is 15.2 Å². The Morgan fingerprint density at radius 1 is 1.35 bits per heavy atom. The molecule has 6 nitrogen and oxygen atoms in total. The maximum atomic E-state index is 4.92. The summed E-state index contributed by atoms with van der Waals surface area (Å²) >= 11 is 0. The highest BCUT2D eigenvalue weighted by Crippen LogP contribution is 2.10. The van der Waals surface area contributed by atoms with Gasteiger partial charge in [-0.3, -0.25) is 4.99 Å². The molecule has 0 spiro atoms. The minimum atomic E-state index is 0.161. The molecule has 1 aromatic carbocycles. The molecule has 0 aliphatic rings. The molecule has 0 bridgehead atoms. The fraction of sp³-hybridized carbons (Fsp3) is 0.357. The first-order valence-electron chi connectivity index (χ1n) is 6.50. The summed E-state index contributed by atoms with van der Waals surface area (Å²) in [5.41, 5.74) is 1.20. The van der Waals surface area contributed by atoms with Crippen LogP contribution in [0.25, 0.3) is 0 Å². The predicted molar refractivity (Wildman–Crippen MR) is 77.2 cm³/mol. The van der Waals surface area contributed by atoms with Crippen molar-refractivity contribution >= 4 is 5.96 Å². The highest BCUT2D eigenvalue weighted by atomic mass is 16.5. The third-order valence-electron chi connectivity index (χ3n) is 2.86. The van der Waals surface area contributed by atoms with E-state index in [1.54, 1.807) is 14.0 Å². The van der Waals surface area contributed by atoms with Gasteiger partial charge >= 0.3 is 0 Å². The van der Waals surface area contributed by atoms with E-state index in [-0.39, 0.29) is 6.04 Å². The van der Waals surface area contributed by atoms with Crippen molar-refractivity contribution in [1.82, 2.24) is 20.8 Å². The van der Waals surface area contributed by atoms with E-state index in [4.69, 9.17) is 4.52 Å². The number of guanidine groups is 1. The van der Waals surface area contributed by atoms with Gasteiger partial charge in [0.05, 0.1) is 12.6 Å². The van der Waals surface area contributed by atoms with Crippen LogP contribution < -0.4 is 10.6 Å². The molecule has 0 amide bonds. The van der Waals surface area contributed by atoms with Crippen LogP contribution in [0.3, 0.4) is 0 Å². The molecule has 0 fully saturated rings. The number of aryl methyl sites for hydroxylation is 1. The Morgan fingerprint density at radius 3 is 2.70 bits per heavy atom. The van der Waals surface area contributed by atoms with E-state index >= 15 is 0 Å². The van der Waals surface area contributed by atoms with Crippen molar-refractivity contribution in [1.29, 1.82) is 0 Å². The van der Waals surface area contributed by atoms with Gasteiger partial charge in [-0.2, -0.15) is 4.98 Å². The second-order valence-electron chi connectivity index (χ2n) is 4.43. The van der Waals surface area contributed by atoms with Crippen LogP contribution in [0, 0.1) is 6.92 Å². The molecule has 0 aliphatic heterocycles. The molecule has 20 heavy (non-hydrogen) atoms. The smallest absolute Gasteiger partial charge is 0.223 e. The Hall–Kier alpha value is -2.37. The molecule has 0 radical (unpaired) electrons. The van der Waals surface area contributed by atoms with Gasteiger partial charge in [-0.25, -0.2) is 0 Å². The van der Waals surface area contributed by atoms with Crippen LogP contribution in [-0.2, 0) is 6.54 Å². The van der Waals surface area contributed by atoms with E-state index in [1.807, 2.05) is 18.2 Å². The van der Waals surface area contributed by atoms with Crippen LogP contribution in [0.5, 0.6) is 0 Å². The number of aliphatic imine (C=N–C) groups is 1. The second kappa shape index (κ2) is 6.70. The molecular weight excluding hydrogens is 254 g/mol. The minimum absolute atomic E-state index is 0.161. The quantitative estimate of drug-likeness (QED) is 0.656. The lowest BCUT2D eigenvalue weighted by atomic mass is 10.1. The summed E-state index contributed by atoms with van der Waals surface area (Å²) in [6.07, 6.45) is 0. The SMILES string of the molecule is CN=C(NCc1noc(C)n1)NC(C)c1ccccc1. The van der Waals surface area contributed by atoms with Crippen molar-refractivity contribution < 1.29 is 4.52 Å². The first kappa shape index (κ1) is 14.0. The fourth-order valence-corrected chi connectivity index (χ4v) is 1.80. The highest BCUT2D eigenvalue weighted by Gasteiger charge is 2.08. The van der Waals surface area contributed by atoms with Gasteiger partial charge in [0.2, 0.25) is 5.89 Å². The summed E-state index contributed by atoms with van der Waals surface area (Å²) in [5, 5.41) is 10.3. The van der Waals surface area contributed by atoms with E-state index in [9.17, 15) is 0 Å². The second-order valence-corrected chi connectivity index (χ2v) is 4.43. The van der Waals surface area contributed by atoms with Crippen molar-refractivity contribution in [3.05, 3.63) is 47.6 Å². The molecule has 0 saturated carbocycles. The van der Waals surface area contributed by atoms with E-state index in [2.05, 4.69) is 44.8 Å². The standard InChI is InChI=1S/C14H19N5O/c1-10(12-7-5-4-6-8-12)17-14(15-3)16-9-13-18-11(2)20-19-13/h4-8,10H,9H2,1-3H3,(H2,15,16,17). The summed E-state index contributed by atoms with van der Waals surface area (Å²) in [6.45, 7) is 4.32. The van der Waals surface area contributed by atoms with Gasteiger partial charge in [-0.15, -0.1) is 0 Å². The molecule has 1 aromatic heterocycles. The number of nitrogens with zero attached hydrogens (tertiary/aromatic N) is 3. The summed E-state index contributed by atoms with van der Waals surface area (Å²) in [4.78, 5) is 8.31. The molecular formula is C14H19N5O. The number of rotatable bonds is 4. The Morgan fingerprint density at radius 2 is 2.10 bits per heavy atom. The minimum Gasteiger partial charge on any atom is -0.350 e. The first-order chi connectivity index (χ1) is 9.69. The van der Waals surface area contributed by atoms with Crippen molar-refractivity contribution in [2.75, 3.05) is 7.05 Å². The van der Waals surface area contributed by atoms with Crippen LogP contribution in [0.15, 0.2) is 39.8 Å². The molecule has 106 valence electrons. The van der Waals surface area contributed by atoms with Crippen molar-refractivity contribution in [2.45, 2.75) is 26.4 Å². The molecule has 1 atom stereocenters. The summed E-state index contributed by atoms with van der Waals surface area (Å²) in [6, 6.07) is 10.4. The largest absolute Gasteiger partial charge is 0.350 e. The summed E-state index contributed by atoms with van der Waals surface area (Å²) < 4.78 is 4.92. The number of aromatic nitrogens is 2.